The van der Waals surface area contributed by atoms with Crippen molar-refractivity contribution in [3.8, 4) is 17.6 Å². The van der Waals surface area contributed by atoms with Crippen molar-refractivity contribution in [3.05, 3.63) is 58.4 Å². The van der Waals surface area contributed by atoms with Crippen LogP contribution in [0.25, 0.3) is 10.9 Å². The number of ether oxygens (including phenoxy) is 3. The molecule has 1 amide bonds. The first kappa shape index (κ1) is 32.3. The molecule has 0 bridgehead atoms. The second-order valence-electron chi connectivity index (χ2n) is 9.91. The van der Waals surface area contributed by atoms with E-state index in [4.69, 9.17) is 14.2 Å². The molecule has 3 rings (SSSR count). The molecule has 0 atom stereocenters. The maximum absolute atomic E-state index is 14.9. The first-order valence-corrected chi connectivity index (χ1v) is 14.4. The van der Waals surface area contributed by atoms with Gasteiger partial charge in [0.2, 0.25) is 0 Å². The van der Waals surface area contributed by atoms with Crippen LogP contribution in [0, 0.1) is 17.1 Å². The summed E-state index contributed by atoms with van der Waals surface area (Å²) in [4.78, 5) is 30.8. The predicted molar refractivity (Wildman–Crippen MR) is 154 cm³/mol. The van der Waals surface area contributed by atoms with Crippen LogP contribution in [0.5, 0.6) is 11.5 Å². The van der Waals surface area contributed by atoms with Gasteiger partial charge < -0.3 is 14.2 Å². The van der Waals surface area contributed by atoms with E-state index < -0.39 is 44.6 Å². The van der Waals surface area contributed by atoms with Gasteiger partial charge in [0.15, 0.2) is 11.6 Å². The van der Waals surface area contributed by atoms with Crippen molar-refractivity contribution in [3.63, 3.8) is 0 Å². The number of hydrogen-bond acceptors (Lipinski definition) is 9. The summed E-state index contributed by atoms with van der Waals surface area (Å²) in [6.07, 6.45) is 0.379. The number of anilines is 1. The van der Waals surface area contributed by atoms with Crippen molar-refractivity contribution >= 4 is 32.9 Å². The Balaban J connectivity index is 2.06. The van der Waals surface area contributed by atoms with Crippen molar-refractivity contribution < 1.29 is 31.8 Å². The van der Waals surface area contributed by atoms with E-state index in [0.29, 0.717) is 6.61 Å². The quantitative estimate of drug-likeness (QED) is 0.322. The van der Waals surface area contributed by atoms with Gasteiger partial charge in [-0.3, -0.25) is 9.52 Å². The van der Waals surface area contributed by atoms with Crippen molar-refractivity contribution in [1.29, 1.82) is 5.26 Å². The molecule has 0 saturated heterocycles. The van der Waals surface area contributed by atoms with Gasteiger partial charge in [0.1, 0.15) is 29.3 Å². The van der Waals surface area contributed by atoms with Crippen LogP contribution in [0.3, 0.4) is 0 Å². The first-order valence-electron chi connectivity index (χ1n) is 13.0. The fraction of sp³-hybridized carbons (Fsp3) is 0.407. The second kappa shape index (κ2) is 13.1. The van der Waals surface area contributed by atoms with Gasteiger partial charge in [-0.25, -0.2) is 23.9 Å². The zero-order chi connectivity index (χ0) is 31.2. The largest absolute Gasteiger partial charge is 0.453 e. The standard InChI is InChI=1S/C27H33FN6O7S/c1-7-32(6)42(37,38)31-23-12-10-21(28)24(20(23)16-29)40-18-9-11-22-19(15-18)25(35)34(17-30-22)33(13-14-39-8-2)26(36)41-27(3,4)5/h9-12,15,17,31H,7-8,13-14H2,1-6H3. The summed E-state index contributed by atoms with van der Waals surface area (Å²) in [5.74, 6) is -1.53. The lowest BCUT2D eigenvalue weighted by atomic mass is 10.1. The van der Waals surface area contributed by atoms with Gasteiger partial charge in [0, 0.05) is 20.2 Å². The minimum atomic E-state index is -4.02. The van der Waals surface area contributed by atoms with Crippen molar-refractivity contribution in [1.82, 2.24) is 14.0 Å². The maximum Gasteiger partial charge on any atom is 0.429 e. The molecule has 0 spiro atoms. The van der Waals surface area contributed by atoms with E-state index in [1.54, 1.807) is 40.7 Å². The van der Waals surface area contributed by atoms with Gasteiger partial charge in [-0.2, -0.15) is 18.0 Å². The fourth-order valence-corrected chi connectivity index (χ4v) is 4.53. The van der Waals surface area contributed by atoms with Gasteiger partial charge in [-0.1, -0.05) is 6.92 Å². The normalized spacial score (nSPS) is 11.8. The van der Waals surface area contributed by atoms with E-state index in [0.717, 1.165) is 26.1 Å². The lowest BCUT2D eigenvalue weighted by Gasteiger charge is -2.28. The number of aromatic nitrogens is 2. The van der Waals surface area contributed by atoms with E-state index >= 15 is 0 Å². The lowest BCUT2D eigenvalue weighted by molar-refractivity contribution is 0.0512. The van der Waals surface area contributed by atoms with Gasteiger partial charge in [0.05, 0.1) is 29.7 Å². The van der Waals surface area contributed by atoms with Crippen molar-refractivity contribution in [2.45, 2.75) is 40.2 Å². The summed E-state index contributed by atoms with van der Waals surface area (Å²) in [6.45, 7) is 9.13. The molecular weight excluding hydrogens is 571 g/mol. The van der Waals surface area contributed by atoms with Crippen molar-refractivity contribution in [2.75, 3.05) is 43.1 Å². The summed E-state index contributed by atoms with van der Waals surface area (Å²) in [7, 11) is -2.68. The minimum absolute atomic E-state index is 0.0142. The average molecular weight is 605 g/mol. The number of amides is 1. The zero-order valence-corrected chi connectivity index (χ0v) is 25.0. The van der Waals surface area contributed by atoms with E-state index in [1.807, 2.05) is 0 Å². The Bertz CT molecular complexity index is 1660. The highest BCUT2D eigenvalue weighted by Crippen LogP contribution is 2.34. The smallest absolute Gasteiger partial charge is 0.429 e. The molecule has 0 fully saturated rings. The third-order valence-corrected chi connectivity index (χ3v) is 7.32. The highest BCUT2D eigenvalue weighted by Gasteiger charge is 2.26. The van der Waals surface area contributed by atoms with Crippen LogP contribution in [0.15, 0.2) is 41.5 Å². The Labute approximate surface area is 243 Å². The highest BCUT2D eigenvalue weighted by molar-refractivity contribution is 7.90. The third kappa shape index (κ3) is 7.52. The molecule has 1 heterocycles. The number of nitriles is 1. The topological polar surface area (TPSA) is 156 Å². The van der Waals surface area contributed by atoms with Crippen LogP contribution in [-0.4, -0.2) is 67.4 Å². The summed E-state index contributed by atoms with van der Waals surface area (Å²) < 4.78 is 60.7. The summed E-state index contributed by atoms with van der Waals surface area (Å²) in [6, 6.07) is 7.96. The average Bonchev–Trinajstić information content (AvgIpc) is 2.92. The Morgan fingerprint density at radius 3 is 2.55 bits per heavy atom. The number of carbonyl (C=O) groups excluding carboxylic acids is 1. The summed E-state index contributed by atoms with van der Waals surface area (Å²) in [5, 5.41) is 10.8. The molecule has 0 unspecified atom stereocenters. The molecule has 0 aliphatic rings. The number of rotatable bonds is 11. The van der Waals surface area contributed by atoms with Crippen LogP contribution in [0.1, 0.15) is 40.2 Å². The molecule has 13 nitrogen and oxygen atoms in total. The van der Waals surface area contributed by atoms with Gasteiger partial charge in [-0.05, 0) is 58.0 Å². The molecule has 0 aliphatic carbocycles. The van der Waals surface area contributed by atoms with E-state index in [1.165, 1.54) is 31.6 Å². The van der Waals surface area contributed by atoms with E-state index in [2.05, 4.69) is 9.71 Å². The number of halogens is 1. The summed E-state index contributed by atoms with van der Waals surface area (Å²) in [5.41, 5.74) is -1.84. The molecule has 1 N–H and O–H groups in total. The molecule has 42 heavy (non-hydrogen) atoms. The molecule has 0 saturated carbocycles. The Kier molecular flexibility index (Phi) is 10.1. The molecule has 226 valence electrons. The molecule has 2 aromatic carbocycles. The van der Waals surface area contributed by atoms with E-state index in [9.17, 15) is 27.7 Å². The van der Waals surface area contributed by atoms with Crippen LogP contribution in [-0.2, 0) is 19.7 Å². The fourth-order valence-electron chi connectivity index (χ4n) is 3.58. The number of nitrogens with zero attached hydrogens (tertiary/aromatic N) is 5. The minimum Gasteiger partial charge on any atom is -0.453 e. The maximum atomic E-state index is 14.9. The highest BCUT2D eigenvalue weighted by atomic mass is 32.2. The zero-order valence-electron chi connectivity index (χ0n) is 24.2. The Morgan fingerprint density at radius 2 is 1.93 bits per heavy atom. The molecule has 3 aromatic rings. The number of nitrogens with one attached hydrogen (secondary N) is 1. The predicted octanol–water partition coefficient (Wildman–Crippen LogP) is 3.72. The summed E-state index contributed by atoms with van der Waals surface area (Å²) >= 11 is 0. The number of fused-ring (bicyclic) bond motifs is 1. The number of hydrogen-bond donors (Lipinski definition) is 1. The Morgan fingerprint density at radius 1 is 1.21 bits per heavy atom. The van der Waals surface area contributed by atoms with E-state index in [-0.39, 0.29) is 42.0 Å². The monoisotopic (exact) mass is 604 g/mol. The van der Waals surface area contributed by atoms with Crippen LogP contribution in [0.4, 0.5) is 14.9 Å². The van der Waals surface area contributed by atoms with Gasteiger partial charge in [-0.15, -0.1) is 0 Å². The second-order valence-corrected chi connectivity index (χ2v) is 11.7. The number of benzene rings is 2. The van der Waals surface area contributed by atoms with Crippen LogP contribution >= 0.6 is 0 Å². The van der Waals surface area contributed by atoms with Crippen molar-refractivity contribution in [2.24, 2.45) is 0 Å². The van der Waals surface area contributed by atoms with Crippen LogP contribution in [0.2, 0.25) is 0 Å². The molecule has 1 aromatic heterocycles. The number of carbonyl (C=O) groups is 1. The SMILES string of the molecule is CCOCCN(C(=O)OC(C)(C)C)n1cnc2ccc(Oc3c(F)ccc(NS(=O)(=O)N(C)CC)c3C#N)cc2c1=O. The molecule has 0 radical (unpaired) electrons. The molecular formula is C27H33FN6O7S. The van der Waals surface area contributed by atoms with Crippen LogP contribution < -0.4 is 20.0 Å². The molecule has 15 heteroatoms. The Hall–Kier alpha value is -4.26. The van der Waals surface area contributed by atoms with Gasteiger partial charge in [0.25, 0.3) is 5.56 Å². The lowest BCUT2D eigenvalue weighted by Crippen LogP contribution is -2.50. The molecule has 0 aliphatic heterocycles. The first-order chi connectivity index (χ1) is 19.7. The van der Waals surface area contributed by atoms with Gasteiger partial charge >= 0.3 is 16.3 Å². The third-order valence-electron chi connectivity index (χ3n) is 5.76.